The fraction of sp³-hybridized carbons (Fsp3) is 0.700. The third kappa shape index (κ3) is 1.75. The molecule has 3 rings (SSSR count). The minimum Gasteiger partial charge on any atom is -0.358 e. The van der Waals surface area contributed by atoms with E-state index in [4.69, 9.17) is 0 Å². The molecule has 2 heterocycles. The molecule has 1 fully saturated rings. The maximum Gasteiger partial charge on any atom is 0.233 e. The molecule has 1 amide bonds. The summed E-state index contributed by atoms with van der Waals surface area (Å²) in [6.45, 7) is 1.62. The summed E-state index contributed by atoms with van der Waals surface area (Å²) in [4.78, 5) is 13.5. The van der Waals surface area contributed by atoms with Gasteiger partial charge in [0.2, 0.25) is 5.91 Å². The molecule has 0 aromatic carbocycles. The van der Waals surface area contributed by atoms with Crippen LogP contribution in [0.15, 0.2) is 12.2 Å². The van der Waals surface area contributed by atoms with E-state index >= 15 is 0 Å². The van der Waals surface area contributed by atoms with E-state index in [2.05, 4.69) is 22.4 Å². The lowest BCUT2D eigenvalue weighted by Crippen LogP contribution is -2.48. The normalized spacial score (nSPS) is 32.1. The standard InChI is InChI=1S/C10H16N2O/c1-11-10(13)7-12-6-8-2-4-9(12)5-3-8/h2,4,8-9H,3,5-7H2,1H3,(H,11,13). The summed E-state index contributed by atoms with van der Waals surface area (Å²) in [7, 11) is 1.69. The highest BCUT2D eigenvalue weighted by molar-refractivity contribution is 5.77. The zero-order valence-corrected chi connectivity index (χ0v) is 7.99. The monoisotopic (exact) mass is 180 g/mol. The van der Waals surface area contributed by atoms with Crippen molar-refractivity contribution < 1.29 is 4.79 Å². The van der Waals surface area contributed by atoms with Crippen molar-refractivity contribution in [2.75, 3.05) is 20.1 Å². The van der Waals surface area contributed by atoms with Gasteiger partial charge in [0.1, 0.15) is 0 Å². The van der Waals surface area contributed by atoms with Crippen LogP contribution < -0.4 is 5.32 Å². The number of piperidine rings is 1. The van der Waals surface area contributed by atoms with E-state index in [-0.39, 0.29) is 5.91 Å². The summed E-state index contributed by atoms with van der Waals surface area (Å²) in [5.41, 5.74) is 0. The zero-order valence-electron chi connectivity index (χ0n) is 7.99. The summed E-state index contributed by atoms with van der Waals surface area (Å²) in [5.74, 6) is 0.815. The van der Waals surface area contributed by atoms with Crippen LogP contribution in [0.25, 0.3) is 0 Å². The molecule has 2 aliphatic heterocycles. The number of fused-ring (bicyclic) bond motifs is 2. The van der Waals surface area contributed by atoms with Gasteiger partial charge in [-0.3, -0.25) is 9.69 Å². The number of hydrogen-bond acceptors (Lipinski definition) is 2. The second-order valence-electron chi connectivity index (χ2n) is 3.89. The predicted molar refractivity (Wildman–Crippen MR) is 51.3 cm³/mol. The highest BCUT2D eigenvalue weighted by Crippen LogP contribution is 2.28. The molecule has 72 valence electrons. The topological polar surface area (TPSA) is 32.3 Å². The van der Waals surface area contributed by atoms with Crippen LogP contribution in [0.2, 0.25) is 0 Å². The average Bonchev–Trinajstić information content (AvgIpc) is 2.19. The summed E-state index contributed by atoms with van der Waals surface area (Å²) >= 11 is 0. The Morgan fingerprint density at radius 3 is 2.85 bits per heavy atom. The highest BCUT2D eigenvalue weighted by atomic mass is 16.1. The van der Waals surface area contributed by atoms with Crippen LogP contribution in [0, 0.1) is 5.92 Å². The SMILES string of the molecule is CNC(=O)CN1CC2C=CC1CC2. The lowest BCUT2D eigenvalue weighted by Gasteiger charge is -2.40. The van der Waals surface area contributed by atoms with Crippen LogP contribution >= 0.6 is 0 Å². The van der Waals surface area contributed by atoms with Gasteiger partial charge in [-0.15, -0.1) is 0 Å². The first-order valence-electron chi connectivity index (χ1n) is 4.92. The van der Waals surface area contributed by atoms with E-state index < -0.39 is 0 Å². The van der Waals surface area contributed by atoms with Crippen molar-refractivity contribution >= 4 is 5.91 Å². The zero-order chi connectivity index (χ0) is 9.26. The summed E-state index contributed by atoms with van der Waals surface area (Å²) in [5, 5.41) is 2.67. The Bertz CT molecular complexity index is 237. The van der Waals surface area contributed by atoms with E-state index in [9.17, 15) is 4.79 Å². The Hall–Kier alpha value is -0.830. The van der Waals surface area contributed by atoms with Gasteiger partial charge in [-0.25, -0.2) is 0 Å². The average molecular weight is 180 g/mol. The first kappa shape index (κ1) is 8.75. The summed E-state index contributed by atoms with van der Waals surface area (Å²) in [6.07, 6.45) is 7.07. The van der Waals surface area contributed by atoms with Gasteiger partial charge in [0.05, 0.1) is 6.54 Å². The molecule has 1 saturated heterocycles. The van der Waals surface area contributed by atoms with Crippen LogP contribution in [0.3, 0.4) is 0 Å². The fourth-order valence-corrected chi connectivity index (χ4v) is 2.20. The smallest absolute Gasteiger partial charge is 0.233 e. The van der Waals surface area contributed by atoms with Crippen molar-refractivity contribution in [3.05, 3.63) is 12.2 Å². The Morgan fingerprint density at radius 2 is 2.38 bits per heavy atom. The van der Waals surface area contributed by atoms with Crippen LogP contribution in [-0.4, -0.2) is 37.0 Å². The second-order valence-corrected chi connectivity index (χ2v) is 3.89. The van der Waals surface area contributed by atoms with Gasteiger partial charge in [-0.1, -0.05) is 12.2 Å². The molecule has 0 aromatic heterocycles. The van der Waals surface area contributed by atoms with Gasteiger partial charge < -0.3 is 5.32 Å². The molecule has 2 unspecified atom stereocenters. The first-order chi connectivity index (χ1) is 6.29. The molecule has 0 saturated carbocycles. The quantitative estimate of drug-likeness (QED) is 0.623. The lowest BCUT2D eigenvalue weighted by molar-refractivity contribution is -0.122. The number of rotatable bonds is 2. The fourth-order valence-electron chi connectivity index (χ4n) is 2.20. The molecule has 2 atom stereocenters. The summed E-state index contributed by atoms with van der Waals surface area (Å²) < 4.78 is 0. The van der Waals surface area contributed by atoms with Gasteiger partial charge in [0.25, 0.3) is 0 Å². The number of amides is 1. The Morgan fingerprint density at radius 1 is 1.54 bits per heavy atom. The van der Waals surface area contributed by atoms with Crippen LogP contribution in [0.5, 0.6) is 0 Å². The van der Waals surface area contributed by atoms with Crippen LogP contribution in [-0.2, 0) is 4.79 Å². The second kappa shape index (κ2) is 3.50. The van der Waals surface area contributed by atoms with Crippen molar-refractivity contribution in [1.29, 1.82) is 0 Å². The Balaban J connectivity index is 1.95. The number of hydrogen-bond donors (Lipinski definition) is 1. The first-order valence-corrected chi connectivity index (χ1v) is 4.92. The van der Waals surface area contributed by atoms with Crippen LogP contribution in [0.4, 0.5) is 0 Å². The number of nitrogens with zero attached hydrogens (tertiary/aromatic N) is 1. The minimum absolute atomic E-state index is 0.126. The van der Waals surface area contributed by atoms with E-state index in [1.807, 2.05) is 0 Å². The molecule has 0 radical (unpaired) electrons. The molecule has 3 heteroatoms. The molecule has 3 aliphatic rings. The molecule has 2 bridgehead atoms. The van der Waals surface area contributed by atoms with Gasteiger partial charge in [-0.2, -0.15) is 0 Å². The molecule has 1 aliphatic carbocycles. The van der Waals surface area contributed by atoms with E-state index in [1.54, 1.807) is 7.05 Å². The molecule has 3 nitrogen and oxygen atoms in total. The van der Waals surface area contributed by atoms with Crippen molar-refractivity contribution in [3.63, 3.8) is 0 Å². The van der Waals surface area contributed by atoms with Gasteiger partial charge in [-0.05, 0) is 18.8 Å². The van der Waals surface area contributed by atoms with Crippen molar-refractivity contribution in [2.45, 2.75) is 18.9 Å². The summed E-state index contributed by atoms with van der Waals surface area (Å²) in [6, 6.07) is 0.516. The molecule has 0 spiro atoms. The van der Waals surface area contributed by atoms with Crippen molar-refractivity contribution in [1.82, 2.24) is 10.2 Å². The van der Waals surface area contributed by atoms with Gasteiger partial charge in [0, 0.05) is 19.6 Å². The number of nitrogens with one attached hydrogen (secondary N) is 1. The third-order valence-corrected chi connectivity index (χ3v) is 3.00. The molecule has 1 N–H and O–H groups in total. The van der Waals surface area contributed by atoms with Crippen LogP contribution in [0.1, 0.15) is 12.8 Å². The van der Waals surface area contributed by atoms with E-state index in [0.717, 1.165) is 6.54 Å². The maximum absolute atomic E-state index is 11.2. The lowest BCUT2D eigenvalue weighted by atomic mass is 9.86. The Kier molecular flexibility index (Phi) is 2.36. The minimum atomic E-state index is 0.126. The molecule has 13 heavy (non-hydrogen) atoms. The third-order valence-electron chi connectivity index (χ3n) is 3.00. The highest BCUT2D eigenvalue weighted by Gasteiger charge is 2.30. The molecular weight excluding hydrogens is 164 g/mol. The van der Waals surface area contributed by atoms with Crippen molar-refractivity contribution in [2.24, 2.45) is 5.92 Å². The number of carbonyl (C=O) groups excluding carboxylic acids is 1. The van der Waals surface area contributed by atoms with E-state index in [0.29, 0.717) is 18.5 Å². The van der Waals surface area contributed by atoms with Gasteiger partial charge >= 0.3 is 0 Å². The van der Waals surface area contributed by atoms with E-state index in [1.165, 1.54) is 12.8 Å². The molecule has 0 aromatic rings. The number of carbonyl (C=O) groups is 1. The van der Waals surface area contributed by atoms with Gasteiger partial charge in [0.15, 0.2) is 0 Å². The Labute approximate surface area is 78.8 Å². The largest absolute Gasteiger partial charge is 0.358 e. The molecular formula is C10H16N2O. The van der Waals surface area contributed by atoms with Crippen molar-refractivity contribution in [3.8, 4) is 0 Å². The number of likely N-dealkylation sites (N-methyl/N-ethyl adjacent to an activating group) is 1. The maximum atomic E-state index is 11.2. The predicted octanol–water partition coefficient (Wildman–Crippen LogP) is 0.383.